The largest absolute Gasteiger partial charge is 0.495 e. The Labute approximate surface area is 323 Å². The van der Waals surface area contributed by atoms with Crippen LogP contribution in [0, 0.1) is 0 Å². The van der Waals surface area contributed by atoms with E-state index >= 15 is 0 Å². The van der Waals surface area contributed by atoms with E-state index in [0.29, 0.717) is 45.6 Å². The van der Waals surface area contributed by atoms with E-state index < -0.39 is 17.1 Å². The van der Waals surface area contributed by atoms with E-state index in [-0.39, 0.29) is 11.6 Å². The zero-order chi connectivity index (χ0) is 37.7. The molecule has 0 spiro atoms. The van der Waals surface area contributed by atoms with E-state index in [1.165, 1.54) is 18.9 Å². The summed E-state index contributed by atoms with van der Waals surface area (Å²) in [6.07, 6.45) is 1.61. The quantitative estimate of drug-likeness (QED) is 0.0756. The molecule has 6 aromatic carbocycles. The molecule has 0 saturated carbocycles. The van der Waals surface area contributed by atoms with Crippen molar-refractivity contribution in [3.05, 3.63) is 191 Å². The Morgan fingerprint density at radius 1 is 0.741 bits per heavy atom. The molecule has 54 heavy (non-hydrogen) atoms. The van der Waals surface area contributed by atoms with Crippen LogP contribution in [-0.2, 0) is 16.2 Å². The van der Waals surface area contributed by atoms with Crippen LogP contribution in [0.25, 0.3) is 6.08 Å². The molecule has 0 aliphatic carbocycles. The van der Waals surface area contributed by atoms with Crippen molar-refractivity contribution in [2.45, 2.75) is 16.8 Å². The molecule has 8 nitrogen and oxygen atoms in total. The summed E-state index contributed by atoms with van der Waals surface area (Å²) < 4.78 is 11.4. The summed E-state index contributed by atoms with van der Waals surface area (Å²) in [5.41, 5.74) is 3.86. The molecule has 1 unspecified atom stereocenters. The van der Waals surface area contributed by atoms with E-state index in [2.05, 4.69) is 16.0 Å². The third-order valence-electron chi connectivity index (χ3n) is 8.07. The molecule has 10 heteroatoms. The number of carbonyl (C=O) groups excluding carboxylic acids is 3. The first-order chi connectivity index (χ1) is 26.3. The number of rotatable bonds is 14. The molecule has 6 rings (SSSR count). The molecule has 0 aliphatic heterocycles. The number of methoxy groups -OCH3 is 1. The highest BCUT2D eigenvalue weighted by Gasteiger charge is 2.24. The highest BCUT2D eigenvalue weighted by molar-refractivity contribution is 8.00. The predicted octanol–water partition coefficient (Wildman–Crippen LogP) is 9.81. The van der Waals surface area contributed by atoms with Gasteiger partial charge in [0.25, 0.3) is 11.8 Å². The maximum absolute atomic E-state index is 13.9. The van der Waals surface area contributed by atoms with Gasteiger partial charge in [-0.3, -0.25) is 14.4 Å². The zero-order valence-electron chi connectivity index (χ0n) is 29.2. The number of hydrogen-bond donors (Lipinski definition) is 3. The third kappa shape index (κ3) is 10.4. The van der Waals surface area contributed by atoms with Crippen LogP contribution in [0.5, 0.6) is 11.5 Å². The minimum absolute atomic E-state index is 0.0388. The van der Waals surface area contributed by atoms with E-state index in [9.17, 15) is 14.4 Å². The zero-order valence-corrected chi connectivity index (χ0v) is 30.8. The highest BCUT2D eigenvalue weighted by atomic mass is 35.5. The van der Waals surface area contributed by atoms with Crippen LogP contribution >= 0.6 is 23.4 Å². The van der Waals surface area contributed by atoms with Gasteiger partial charge in [-0.05, 0) is 83.4 Å². The van der Waals surface area contributed by atoms with Gasteiger partial charge in [0.15, 0.2) is 0 Å². The maximum atomic E-state index is 13.9. The van der Waals surface area contributed by atoms with Crippen molar-refractivity contribution >= 4 is 58.5 Å². The molecule has 0 heterocycles. The average molecular weight is 754 g/mol. The highest BCUT2D eigenvalue weighted by Crippen LogP contribution is 2.38. The van der Waals surface area contributed by atoms with Gasteiger partial charge in [0.05, 0.1) is 12.8 Å². The van der Waals surface area contributed by atoms with Crippen molar-refractivity contribution in [2.75, 3.05) is 17.7 Å². The Hall–Kier alpha value is -6.29. The first kappa shape index (κ1) is 37.5. The van der Waals surface area contributed by atoms with Crippen molar-refractivity contribution in [3.63, 3.8) is 0 Å². The average Bonchev–Trinajstić information content (AvgIpc) is 3.20. The number of ether oxygens (including phenoxy) is 2. The lowest BCUT2D eigenvalue weighted by molar-refractivity contribution is -0.116. The van der Waals surface area contributed by atoms with Crippen molar-refractivity contribution in [2.24, 2.45) is 0 Å². The van der Waals surface area contributed by atoms with Gasteiger partial charge in [-0.1, -0.05) is 109 Å². The summed E-state index contributed by atoms with van der Waals surface area (Å²) in [5.74, 6) is -0.108. The molecular formula is C44H36ClN3O5S. The molecule has 0 radical (unpaired) electrons. The summed E-state index contributed by atoms with van der Waals surface area (Å²) >= 11 is 7.54. The van der Waals surface area contributed by atoms with Gasteiger partial charge in [0, 0.05) is 21.2 Å². The van der Waals surface area contributed by atoms with Gasteiger partial charge in [0.2, 0.25) is 5.91 Å². The Balaban J connectivity index is 1.21. The predicted molar refractivity (Wildman–Crippen MR) is 216 cm³/mol. The van der Waals surface area contributed by atoms with Gasteiger partial charge in [-0.2, -0.15) is 0 Å². The lowest BCUT2D eigenvalue weighted by atomic mass is 10.1. The number of halogens is 1. The number of amides is 3. The molecule has 0 bridgehead atoms. The molecule has 3 amide bonds. The number of nitrogens with one attached hydrogen (secondary N) is 3. The molecule has 270 valence electrons. The lowest BCUT2D eigenvalue weighted by Gasteiger charge is -2.19. The monoisotopic (exact) mass is 753 g/mol. The fourth-order valence-corrected chi connectivity index (χ4v) is 6.62. The van der Waals surface area contributed by atoms with Crippen molar-refractivity contribution in [1.29, 1.82) is 0 Å². The number of anilines is 2. The number of thioether (sulfide) groups is 1. The second-order valence-electron chi connectivity index (χ2n) is 11.9. The van der Waals surface area contributed by atoms with Crippen molar-refractivity contribution < 1.29 is 23.9 Å². The van der Waals surface area contributed by atoms with Crippen molar-refractivity contribution in [1.82, 2.24) is 5.32 Å². The van der Waals surface area contributed by atoms with Gasteiger partial charge >= 0.3 is 0 Å². The van der Waals surface area contributed by atoms with Crippen LogP contribution in [0.15, 0.2) is 168 Å². The Morgan fingerprint density at radius 2 is 1.43 bits per heavy atom. The normalized spacial score (nSPS) is 11.6. The smallest absolute Gasteiger partial charge is 0.272 e. The third-order valence-corrected chi connectivity index (χ3v) is 9.56. The SMILES string of the molecule is COc1ccc(Cl)cc1NC(=O)C(Sc1cccc(NC(=O)/C(=C\c2ccc(OCc3ccccc3)cc2)NC(=O)c2ccccc2)c1)c1ccccc1. The first-order valence-electron chi connectivity index (χ1n) is 17.0. The minimum atomic E-state index is -0.666. The molecule has 0 aromatic heterocycles. The van der Waals surface area contributed by atoms with E-state index in [1.54, 1.807) is 66.7 Å². The molecule has 6 aromatic rings. The van der Waals surface area contributed by atoms with Crippen LogP contribution in [0.1, 0.15) is 32.3 Å². The molecule has 0 saturated heterocycles. The van der Waals surface area contributed by atoms with Gasteiger partial charge in [-0.15, -0.1) is 11.8 Å². The number of benzene rings is 6. The summed E-state index contributed by atoms with van der Waals surface area (Å²) in [6, 6.07) is 47.3. The molecule has 1 atom stereocenters. The minimum Gasteiger partial charge on any atom is -0.495 e. The van der Waals surface area contributed by atoms with E-state index in [1.807, 2.05) is 97.1 Å². The topological polar surface area (TPSA) is 106 Å². The molecular weight excluding hydrogens is 718 g/mol. The van der Waals surface area contributed by atoms with Crippen LogP contribution in [0.3, 0.4) is 0 Å². The van der Waals surface area contributed by atoms with Crippen LogP contribution < -0.4 is 25.4 Å². The van der Waals surface area contributed by atoms with E-state index in [0.717, 1.165) is 16.0 Å². The standard InChI is InChI=1S/C44H36ClN3O5S/c1-52-40-25-22-34(45)27-38(40)47-44(51)41(32-14-7-3-8-15-32)54-37-19-11-18-35(28-37)46-43(50)39(48-42(49)33-16-9-4-10-17-33)26-30-20-23-36(24-21-30)53-29-31-12-5-2-6-13-31/h2-28,41H,29H2,1H3,(H,46,50)(H,47,51)(H,48,49)/b39-26+. The Morgan fingerprint density at radius 3 is 2.13 bits per heavy atom. The van der Waals surface area contributed by atoms with Crippen LogP contribution in [0.4, 0.5) is 11.4 Å². The first-order valence-corrected chi connectivity index (χ1v) is 18.2. The van der Waals surface area contributed by atoms with Gasteiger partial charge in [0.1, 0.15) is 29.1 Å². The summed E-state index contributed by atoms with van der Waals surface area (Å²) in [7, 11) is 1.52. The Bertz CT molecular complexity index is 2230. The lowest BCUT2D eigenvalue weighted by Crippen LogP contribution is -2.30. The van der Waals surface area contributed by atoms with Crippen LogP contribution in [-0.4, -0.2) is 24.8 Å². The molecule has 3 N–H and O–H groups in total. The maximum Gasteiger partial charge on any atom is 0.272 e. The molecule has 0 aliphatic rings. The summed E-state index contributed by atoms with van der Waals surface area (Å²) in [4.78, 5) is 41.6. The fraction of sp³-hybridized carbons (Fsp3) is 0.0682. The summed E-state index contributed by atoms with van der Waals surface area (Å²) in [6.45, 7) is 0.418. The number of hydrogen-bond acceptors (Lipinski definition) is 6. The van der Waals surface area contributed by atoms with Gasteiger partial charge < -0.3 is 25.4 Å². The Kier molecular flexibility index (Phi) is 12.8. The summed E-state index contributed by atoms with van der Waals surface area (Å²) in [5, 5.41) is 8.46. The molecule has 0 fully saturated rings. The second-order valence-corrected chi connectivity index (χ2v) is 13.6. The fourth-order valence-electron chi connectivity index (χ4n) is 5.37. The van der Waals surface area contributed by atoms with Crippen LogP contribution in [0.2, 0.25) is 5.02 Å². The van der Waals surface area contributed by atoms with E-state index in [4.69, 9.17) is 21.1 Å². The number of carbonyl (C=O) groups is 3. The second kappa shape index (κ2) is 18.5. The van der Waals surface area contributed by atoms with Crippen molar-refractivity contribution in [3.8, 4) is 11.5 Å². The van der Waals surface area contributed by atoms with Gasteiger partial charge in [-0.25, -0.2) is 0 Å².